The third kappa shape index (κ3) is 3.67. The van der Waals surface area contributed by atoms with E-state index in [1.807, 2.05) is 11.0 Å². The molecular weight excluding hydrogens is 279 g/mol. The van der Waals surface area contributed by atoms with E-state index in [1.165, 1.54) is 25.3 Å². The lowest BCUT2D eigenvalue weighted by Gasteiger charge is -2.38. The number of nitrogens with one attached hydrogen (secondary N) is 1. The molecule has 0 radical (unpaired) electrons. The molecule has 4 heteroatoms. The van der Waals surface area contributed by atoms with Crippen LogP contribution in [0.2, 0.25) is 0 Å². The predicted octanol–water partition coefficient (Wildman–Crippen LogP) is 2.75. The van der Waals surface area contributed by atoms with Crippen molar-refractivity contribution < 1.29 is 9.18 Å². The molecule has 0 spiro atoms. The Balaban J connectivity index is 1.53. The van der Waals surface area contributed by atoms with Gasteiger partial charge in [0.25, 0.3) is 0 Å². The number of fused-ring (bicyclic) bond motifs is 1. The van der Waals surface area contributed by atoms with Gasteiger partial charge < -0.3 is 10.2 Å². The van der Waals surface area contributed by atoms with Crippen molar-refractivity contribution in [2.24, 2.45) is 5.92 Å². The number of halogens is 1. The summed E-state index contributed by atoms with van der Waals surface area (Å²) in [6, 6.07) is 7.32. The molecule has 1 aromatic carbocycles. The summed E-state index contributed by atoms with van der Waals surface area (Å²) in [6.45, 7) is 2.82. The van der Waals surface area contributed by atoms with Crippen LogP contribution in [0.4, 0.5) is 4.39 Å². The Bertz CT molecular complexity index is 520. The van der Waals surface area contributed by atoms with Crippen LogP contribution in [-0.2, 0) is 11.2 Å². The average Bonchev–Trinajstić information content (AvgIpc) is 2.78. The van der Waals surface area contributed by atoms with Crippen molar-refractivity contribution in [2.45, 2.75) is 44.6 Å². The highest BCUT2D eigenvalue weighted by Gasteiger charge is 2.31. The molecule has 2 heterocycles. The number of hydrogen-bond acceptors (Lipinski definition) is 2. The van der Waals surface area contributed by atoms with Gasteiger partial charge in [0.1, 0.15) is 5.82 Å². The molecule has 0 saturated carbocycles. The van der Waals surface area contributed by atoms with Gasteiger partial charge in [-0.3, -0.25) is 4.79 Å². The number of nitrogens with zero attached hydrogens (tertiary/aromatic N) is 1. The fourth-order valence-corrected chi connectivity index (χ4v) is 3.74. The number of carbonyl (C=O) groups is 1. The van der Waals surface area contributed by atoms with Gasteiger partial charge in [-0.25, -0.2) is 4.39 Å². The largest absolute Gasteiger partial charge is 0.342 e. The Hall–Kier alpha value is -1.42. The first kappa shape index (κ1) is 15.5. The molecule has 0 bridgehead atoms. The molecule has 2 atom stereocenters. The molecule has 2 saturated heterocycles. The Morgan fingerprint density at radius 2 is 2.14 bits per heavy atom. The molecule has 0 aromatic heterocycles. The maximum atomic E-state index is 13.6. The molecule has 2 aliphatic rings. The number of carbonyl (C=O) groups excluding carboxylic acids is 1. The summed E-state index contributed by atoms with van der Waals surface area (Å²) in [4.78, 5) is 14.4. The highest BCUT2D eigenvalue weighted by molar-refractivity contribution is 5.76. The monoisotopic (exact) mass is 304 g/mol. The van der Waals surface area contributed by atoms with Crippen LogP contribution in [0.3, 0.4) is 0 Å². The fraction of sp³-hybridized carbons (Fsp3) is 0.611. The first-order valence-electron chi connectivity index (χ1n) is 8.48. The van der Waals surface area contributed by atoms with E-state index in [1.54, 1.807) is 12.1 Å². The van der Waals surface area contributed by atoms with Crippen LogP contribution in [0.25, 0.3) is 0 Å². The summed E-state index contributed by atoms with van der Waals surface area (Å²) >= 11 is 0. The molecule has 0 aliphatic carbocycles. The smallest absolute Gasteiger partial charge is 0.222 e. The van der Waals surface area contributed by atoms with Crippen molar-refractivity contribution >= 4 is 5.91 Å². The molecule has 2 aliphatic heterocycles. The molecule has 22 heavy (non-hydrogen) atoms. The molecule has 120 valence electrons. The second-order valence-electron chi connectivity index (χ2n) is 6.54. The molecule has 1 amide bonds. The van der Waals surface area contributed by atoms with Gasteiger partial charge in [0.15, 0.2) is 0 Å². The van der Waals surface area contributed by atoms with Crippen LogP contribution in [0, 0.1) is 11.7 Å². The van der Waals surface area contributed by atoms with Gasteiger partial charge in [0.2, 0.25) is 5.91 Å². The summed E-state index contributed by atoms with van der Waals surface area (Å²) in [6.07, 6.45) is 5.67. The second-order valence-corrected chi connectivity index (χ2v) is 6.54. The van der Waals surface area contributed by atoms with E-state index in [-0.39, 0.29) is 11.7 Å². The van der Waals surface area contributed by atoms with Gasteiger partial charge in [-0.15, -0.1) is 0 Å². The third-order valence-corrected chi connectivity index (χ3v) is 5.06. The number of hydrogen-bond donors (Lipinski definition) is 1. The van der Waals surface area contributed by atoms with E-state index in [4.69, 9.17) is 0 Å². The van der Waals surface area contributed by atoms with Crippen LogP contribution in [0.1, 0.15) is 37.7 Å². The van der Waals surface area contributed by atoms with Gasteiger partial charge in [0.05, 0.1) is 0 Å². The zero-order valence-corrected chi connectivity index (χ0v) is 13.1. The van der Waals surface area contributed by atoms with Gasteiger partial charge in [-0.05, 0) is 49.8 Å². The summed E-state index contributed by atoms with van der Waals surface area (Å²) in [5.74, 6) is 0.557. The zero-order valence-electron chi connectivity index (χ0n) is 13.1. The van der Waals surface area contributed by atoms with Crippen molar-refractivity contribution in [1.82, 2.24) is 10.2 Å². The molecule has 3 rings (SSSR count). The predicted molar refractivity (Wildman–Crippen MR) is 85.0 cm³/mol. The van der Waals surface area contributed by atoms with Crippen LogP contribution in [-0.4, -0.2) is 36.5 Å². The van der Waals surface area contributed by atoms with Crippen molar-refractivity contribution in [1.29, 1.82) is 0 Å². The minimum Gasteiger partial charge on any atom is -0.342 e. The van der Waals surface area contributed by atoms with E-state index >= 15 is 0 Å². The van der Waals surface area contributed by atoms with Crippen molar-refractivity contribution in [3.8, 4) is 0 Å². The highest BCUT2D eigenvalue weighted by Crippen LogP contribution is 2.25. The van der Waals surface area contributed by atoms with E-state index in [9.17, 15) is 9.18 Å². The zero-order chi connectivity index (χ0) is 15.4. The van der Waals surface area contributed by atoms with Crippen molar-refractivity contribution in [3.05, 3.63) is 35.6 Å². The summed E-state index contributed by atoms with van der Waals surface area (Å²) in [5, 5.41) is 3.62. The Kier molecular flexibility index (Phi) is 5.08. The normalized spacial score (nSPS) is 25.4. The minimum atomic E-state index is -0.207. The van der Waals surface area contributed by atoms with Gasteiger partial charge in [-0.2, -0.15) is 0 Å². The minimum absolute atomic E-state index is 0.172. The average molecular weight is 304 g/mol. The number of amides is 1. The lowest BCUT2D eigenvalue weighted by Crippen LogP contribution is -2.50. The standard InChI is InChI=1S/C18H25FN2O/c19-16-7-2-1-5-14(16)8-9-18(22)21-12-10-17-15(13-21)6-3-4-11-20-17/h1-2,5,7,15,17,20H,3-4,6,8-13H2/t15-,17+/m0/s1. The maximum Gasteiger partial charge on any atom is 0.222 e. The third-order valence-electron chi connectivity index (χ3n) is 5.06. The van der Waals surface area contributed by atoms with E-state index in [0.29, 0.717) is 30.4 Å². The molecular formula is C18H25FN2O. The van der Waals surface area contributed by atoms with Gasteiger partial charge >= 0.3 is 0 Å². The lowest BCUT2D eigenvalue weighted by molar-refractivity contribution is -0.133. The topological polar surface area (TPSA) is 32.3 Å². The van der Waals surface area contributed by atoms with Crippen molar-refractivity contribution in [3.63, 3.8) is 0 Å². The summed E-state index contributed by atoms with van der Waals surface area (Å²) in [7, 11) is 0. The lowest BCUT2D eigenvalue weighted by atomic mass is 9.89. The van der Waals surface area contributed by atoms with Crippen LogP contribution >= 0.6 is 0 Å². The molecule has 1 aromatic rings. The van der Waals surface area contributed by atoms with Crippen molar-refractivity contribution in [2.75, 3.05) is 19.6 Å². The summed E-state index contributed by atoms with van der Waals surface area (Å²) in [5.41, 5.74) is 0.641. The van der Waals surface area contributed by atoms with E-state index in [2.05, 4.69) is 5.32 Å². The molecule has 1 N–H and O–H groups in total. The number of likely N-dealkylation sites (tertiary alicyclic amines) is 1. The molecule has 3 nitrogen and oxygen atoms in total. The SMILES string of the molecule is O=C(CCc1ccccc1F)N1CC[C@H]2NCCCC[C@H]2C1. The second kappa shape index (κ2) is 7.23. The van der Waals surface area contributed by atoms with E-state index in [0.717, 1.165) is 26.1 Å². The fourth-order valence-electron chi connectivity index (χ4n) is 3.74. The van der Waals surface area contributed by atoms with Crippen LogP contribution in [0.5, 0.6) is 0 Å². The number of piperidine rings is 1. The van der Waals surface area contributed by atoms with Gasteiger partial charge in [-0.1, -0.05) is 24.6 Å². The summed E-state index contributed by atoms with van der Waals surface area (Å²) < 4.78 is 13.6. The molecule has 2 fully saturated rings. The maximum absolute atomic E-state index is 13.6. The number of benzene rings is 1. The Morgan fingerprint density at radius 3 is 3.00 bits per heavy atom. The Labute approximate surface area is 131 Å². The van der Waals surface area contributed by atoms with Crippen LogP contribution in [0.15, 0.2) is 24.3 Å². The molecule has 0 unspecified atom stereocenters. The Morgan fingerprint density at radius 1 is 1.27 bits per heavy atom. The van der Waals surface area contributed by atoms with Crippen LogP contribution < -0.4 is 5.32 Å². The quantitative estimate of drug-likeness (QED) is 0.931. The van der Waals surface area contributed by atoms with Gasteiger partial charge in [0, 0.05) is 25.6 Å². The number of aryl methyl sites for hydroxylation is 1. The first-order chi connectivity index (χ1) is 10.7. The van der Waals surface area contributed by atoms with E-state index < -0.39 is 0 Å². The number of rotatable bonds is 3. The first-order valence-corrected chi connectivity index (χ1v) is 8.48. The highest BCUT2D eigenvalue weighted by atomic mass is 19.1.